The molecule has 1 atom stereocenters. The third kappa shape index (κ3) is 4.48. The first kappa shape index (κ1) is 21.8. The highest BCUT2D eigenvalue weighted by atomic mass is 32.2. The second kappa shape index (κ2) is 8.64. The number of anilines is 2. The van der Waals surface area contributed by atoms with Crippen molar-refractivity contribution in [2.75, 3.05) is 29.9 Å². The molecule has 2 amide bonds. The lowest BCUT2D eigenvalue weighted by molar-refractivity contribution is -0.122. The molecule has 9 nitrogen and oxygen atoms in total. The molecule has 2 fully saturated rings. The van der Waals surface area contributed by atoms with E-state index in [1.165, 1.54) is 32.7 Å². The van der Waals surface area contributed by atoms with Gasteiger partial charge in [0.2, 0.25) is 27.0 Å². The number of aromatic nitrogens is 2. The summed E-state index contributed by atoms with van der Waals surface area (Å²) in [5.74, 6) is -0.453. The van der Waals surface area contributed by atoms with E-state index >= 15 is 0 Å². The Bertz CT molecular complexity index is 1080. The van der Waals surface area contributed by atoms with E-state index in [0.29, 0.717) is 29.8 Å². The second-order valence-corrected chi connectivity index (χ2v) is 10.6. The zero-order chi connectivity index (χ0) is 22.2. The summed E-state index contributed by atoms with van der Waals surface area (Å²) in [7, 11) is -3.56. The first-order valence-corrected chi connectivity index (χ1v) is 12.6. The summed E-state index contributed by atoms with van der Waals surface area (Å²) in [4.78, 5) is 26.8. The maximum Gasteiger partial charge on any atom is 0.243 e. The molecule has 0 spiro atoms. The van der Waals surface area contributed by atoms with Crippen LogP contribution in [-0.4, -0.2) is 54.4 Å². The summed E-state index contributed by atoms with van der Waals surface area (Å²) >= 11 is 1.38. The van der Waals surface area contributed by atoms with Crippen LogP contribution in [0.25, 0.3) is 0 Å². The predicted molar refractivity (Wildman–Crippen MR) is 118 cm³/mol. The summed E-state index contributed by atoms with van der Waals surface area (Å²) in [6.07, 6.45) is 2.33. The SMILES string of the molecule is CCN(CC)S(=O)(=O)c1ccc(N2C[C@H](C(=O)Nc3nnc(C4CC4)s3)CC2=O)cc1. The molecule has 31 heavy (non-hydrogen) atoms. The molecule has 0 bridgehead atoms. The van der Waals surface area contributed by atoms with Gasteiger partial charge in [-0.1, -0.05) is 25.2 Å². The van der Waals surface area contributed by atoms with Crippen molar-refractivity contribution in [3.05, 3.63) is 29.3 Å². The van der Waals surface area contributed by atoms with E-state index in [9.17, 15) is 18.0 Å². The Morgan fingerprint density at radius 2 is 1.87 bits per heavy atom. The standard InChI is InChI=1S/C20H25N5O4S2/c1-3-24(4-2)31(28,29)16-9-7-15(8-10-16)25-12-14(11-17(25)26)18(27)21-20-23-22-19(30-20)13-5-6-13/h7-10,13-14H,3-6,11-12H2,1-2H3,(H,21,23,27)/t14-/m1/s1. The number of nitrogens with one attached hydrogen (secondary N) is 1. The van der Waals surface area contributed by atoms with Crippen LogP contribution in [0, 0.1) is 5.92 Å². The lowest BCUT2D eigenvalue weighted by Gasteiger charge is -2.20. The van der Waals surface area contributed by atoms with Crippen molar-refractivity contribution >= 4 is 44.0 Å². The third-order valence-electron chi connectivity index (χ3n) is 5.58. The summed E-state index contributed by atoms with van der Waals surface area (Å²) in [6, 6.07) is 6.23. The summed E-state index contributed by atoms with van der Waals surface area (Å²) < 4.78 is 26.7. The third-order valence-corrected chi connectivity index (χ3v) is 8.65. The Balaban J connectivity index is 1.42. The average Bonchev–Trinajstić information content (AvgIpc) is 3.38. The molecule has 166 valence electrons. The topological polar surface area (TPSA) is 113 Å². The molecule has 1 aliphatic carbocycles. The highest BCUT2D eigenvalue weighted by molar-refractivity contribution is 7.89. The highest BCUT2D eigenvalue weighted by Gasteiger charge is 2.36. The fourth-order valence-electron chi connectivity index (χ4n) is 3.63. The van der Waals surface area contributed by atoms with Gasteiger partial charge in [-0.2, -0.15) is 4.31 Å². The molecule has 2 aliphatic rings. The van der Waals surface area contributed by atoms with E-state index < -0.39 is 15.9 Å². The van der Waals surface area contributed by atoms with Gasteiger partial charge in [0.15, 0.2) is 0 Å². The Labute approximate surface area is 185 Å². The van der Waals surface area contributed by atoms with Crippen LogP contribution in [-0.2, 0) is 19.6 Å². The summed E-state index contributed by atoms with van der Waals surface area (Å²) in [5, 5.41) is 12.3. The number of nitrogens with zero attached hydrogens (tertiary/aromatic N) is 4. The van der Waals surface area contributed by atoms with E-state index in [4.69, 9.17) is 0 Å². The van der Waals surface area contributed by atoms with Gasteiger partial charge in [-0.05, 0) is 37.1 Å². The average molecular weight is 464 g/mol. The molecule has 2 aromatic rings. The molecule has 1 N–H and O–H groups in total. The maximum atomic E-state index is 12.6. The van der Waals surface area contributed by atoms with Crippen LogP contribution in [0.3, 0.4) is 0 Å². The fourth-order valence-corrected chi connectivity index (χ4v) is 6.00. The zero-order valence-corrected chi connectivity index (χ0v) is 19.1. The summed E-state index contributed by atoms with van der Waals surface area (Å²) in [5.41, 5.74) is 0.575. The Morgan fingerprint density at radius 3 is 2.48 bits per heavy atom. The molecule has 1 aliphatic heterocycles. The monoisotopic (exact) mass is 463 g/mol. The lowest BCUT2D eigenvalue weighted by Crippen LogP contribution is -2.31. The van der Waals surface area contributed by atoms with Gasteiger partial charge < -0.3 is 10.2 Å². The first-order valence-electron chi connectivity index (χ1n) is 10.4. The van der Waals surface area contributed by atoms with Gasteiger partial charge in [-0.3, -0.25) is 9.59 Å². The molecule has 1 saturated heterocycles. The van der Waals surface area contributed by atoms with Crippen molar-refractivity contribution < 1.29 is 18.0 Å². The van der Waals surface area contributed by atoms with Gasteiger partial charge in [0.25, 0.3) is 0 Å². The largest absolute Gasteiger partial charge is 0.312 e. The first-order chi connectivity index (χ1) is 14.8. The molecule has 1 saturated carbocycles. The van der Waals surface area contributed by atoms with Crippen molar-refractivity contribution in [2.24, 2.45) is 5.92 Å². The van der Waals surface area contributed by atoms with Crippen LogP contribution >= 0.6 is 11.3 Å². The molecule has 11 heteroatoms. The molecule has 0 radical (unpaired) electrons. The van der Waals surface area contributed by atoms with Crippen molar-refractivity contribution in [3.63, 3.8) is 0 Å². The van der Waals surface area contributed by atoms with E-state index in [1.807, 2.05) is 0 Å². The minimum absolute atomic E-state index is 0.0968. The van der Waals surface area contributed by atoms with Crippen LogP contribution in [0.4, 0.5) is 10.8 Å². The zero-order valence-electron chi connectivity index (χ0n) is 17.4. The van der Waals surface area contributed by atoms with Crippen LogP contribution in [0.5, 0.6) is 0 Å². The fraction of sp³-hybridized carbons (Fsp3) is 0.500. The quantitative estimate of drug-likeness (QED) is 0.643. The number of amides is 2. The summed E-state index contributed by atoms with van der Waals surface area (Å²) in [6.45, 7) is 4.59. The van der Waals surface area contributed by atoms with Crippen LogP contribution in [0.1, 0.15) is 44.0 Å². The number of benzene rings is 1. The highest BCUT2D eigenvalue weighted by Crippen LogP contribution is 2.42. The lowest BCUT2D eigenvalue weighted by atomic mass is 10.1. The number of hydrogen-bond acceptors (Lipinski definition) is 7. The smallest absolute Gasteiger partial charge is 0.243 e. The van der Waals surface area contributed by atoms with Crippen molar-refractivity contribution in [2.45, 2.75) is 43.9 Å². The Hall–Kier alpha value is -2.37. The Morgan fingerprint density at radius 1 is 1.19 bits per heavy atom. The number of sulfonamides is 1. The maximum absolute atomic E-state index is 12.6. The van der Waals surface area contributed by atoms with Gasteiger partial charge in [0, 0.05) is 37.7 Å². The van der Waals surface area contributed by atoms with Crippen LogP contribution in [0.15, 0.2) is 29.2 Å². The van der Waals surface area contributed by atoms with Gasteiger partial charge in [0.05, 0.1) is 10.8 Å². The van der Waals surface area contributed by atoms with Gasteiger partial charge in [-0.15, -0.1) is 10.2 Å². The van der Waals surface area contributed by atoms with Crippen LogP contribution < -0.4 is 10.2 Å². The number of carbonyl (C=O) groups excluding carboxylic acids is 2. The number of rotatable bonds is 8. The van der Waals surface area contributed by atoms with E-state index in [-0.39, 0.29) is 29.7 Å². The molecule has 4 rings (SSSR count). The van der Waals surface area contributed by atoms with E-state index in [1.54, 1.807) is 26.0 Å². The molecule has 1 aromatic heterocycles. The Kier molecular flexibility index (Phi) is 6.09. The minimum atomic E-state index is -3.56. The molecule has 1 aromatic carbocycles. The normalized spacial score (nSPS) is 19.3. The molecule has 2 heterocycles. The van der Waals surface area contributed by atoms with Crippen LogP contribution in [0.2, 0.25) is 0 Å². The van der Waals surface area contributed by atoms with Crippen molar-refractivity contribution in [3.8, 4) is 0 Å². The van der Waals surface area contributed by atoms with Gasteiger partial charge >= 0.3 is 0 Å². The van der Waals surface area contributed by atoms with E-state index in [2.05, 4.69) is 15.5 Å². The van der Waals surface area contributed by atoms with E-state index in [0.717, 1.165) is 17.8 Å². The van der Waals surface area contributed by atoms with Gasteiger partial charge in [-0.25, -0.2) is 8.42 Å². The molecular formula is C20H25N5O4S2. The number of hydrogen-bond donors (Lipinski definition) is 1. The van der Waals surface area contributed by atoms with Crippen molar-refractivity contribution in [1.29, 1.82) is 0 Å². The molecule has 0 unspecified atom stereocenters. The minimum Gasteiger partial charge on any atom is -0.312 e. The molecular weight excluding hydrogens is 438 g/mol. The second-order valence-electron chi connectivity index (χ2n) is 7.70. The van der Waals surface area contributed by atoms with Gasteiger partial charge in [0.1, 0.15) is 5.01 Å². The predicted octanol–water partition coefficient (Wildman–Crippen LogP) is 2.44. The number of carbonyl (C=O) groups is 2. The van der Waals surface area contributed by atoms with Crippen molar-refractivity contribution in [1.82, 2.24) is 14.5 Å².